The van der Waals surface area contributed by atoms with Crippen molar-refractivity contribution in [2.75, 3.05) is 11.5 Å². The average Bonchev–Trinajstić information content (AvgIpc) is 1.98. The van der Waals surface area contributed by atoms with Crippen molar-refractivity contribution in [1.82, 2.24) is 10.2 Å². The highest BCUT2D eigenvalue weighted by molar-refractivity contribution is 7.99. The molecule has 0 saturated carbocycles. The van der Waals surface area contributed by atoms with Gasteiger partial charge < -0.3 is 5.73 Å². The van der Waals surface area contributed by atoms with Crippen molar-refractivity contribution < 1.29 is 0 Å². The van der Waals surface area contributed by atoms with Gasteiger partial charge in [-0.05, 0) is 18.7 Å². The topological polar surface area (TPSA) is 51.8 Å². The second-order valence-electron chi connectivity index (χ2n) is 2.17. The molecule has 0 aliphatic heterocycles. The average molecular weight is 169 g/mol. The molecule has 1 aromatic heterocycles. The van der Waals surface area contributed by atoms with E-state index >= 15 is 0 Å². The molecule has 0 saturated heterocycles. The summed E-state index contributed by atoms with van der Waals surface area (Å²) in [6.07, 6.45) is 0. The molecule has 1 rings (SSSR count). The van der Waals surface area contributed by atoms with E-state index in [1.54, 1.807) is 11.8 Å². The van der Waals surface area contributed by atoms with Crippen LogP contribution in [0.5, 0.6) is 0 Å². The van der Waals surface area contributed by atoms with Crippen LogP contribution in [0.1, 0.15) is 12.6 Å². The van der Waals surface area contributed by atoms with E-state index in [0.717, 1.165) is 16.3 Å². The van der Waals surface area contributed by atoms with E-state index in [0.29, 0.717) is 5.82 Å². The number of nitrogen functional groups attached to an aromatic ring is 1. The third-order valence-corrected chi connectivity index (χ3v) is 2.13. The predicted octanol–water partition coefficient (Wildman–Crippen LogP) is 1.48. The van der Waals surface area contributed by atoms with Crippen LogP contribution in [0.25, 0.3) is 0 Å². The summed E-state index contributed by atoms with van der Waals surface area (Å²) in [6, 6.07) is 1.95. The van der Waals surface area contributed by atoms with Gasteiger partial charge in [0.1, 0.15) is 0 Å². The quantitative estimate of drug-likeness (QED) is 0.681. The van der Waals surface area contributed by atoms with E-state index in [1.165, 1.54) is 0 Å². The van der Waals surface area contributed by atoms with Crippen molar-refractivity contribution in [3.05, 3.63) is 11.8 Å². The molecule has 0 fully saturated rings. The van der Waals surface area contributed by atoms with Crippen LogP contribution in [0, 0.1) is 6.92 Å². The number of hydrogen-bond acceptors (Lipinski definition) is 4. The first-order valence-electron chi connectivity index (χ1n) is 3.46. The Morgan fingerprint density at radius 2 is 2.27 bits per heavy atom. The van der Waals surface area contributed by atoms with Crippen LogP contribution < -0.4 is 5.73 Å². The largest absolute Gasteiger partial charge is 0.381 e. The molecule has 11 heavy (non-hydrogen) atoms. The molecule has 3 nitrogen and oxygen atoms in total. The molecular formula is C7H11N3S. The summed E-state index contributed by atoms with van der Waals surface area (Å²) in [7, 11) is 0. The van der Waals surface area contributed by atoms with Crippen molar-refractivity contribution in [2.45, 2.75) is 18.7 Å². The van der Waals surface area contributed by atoms with Crippen LogP contribution in [0.2, 0.25) is 0 Å². The summed E-state index contributed by atoms with van der Waals surface area (Å²) in [6.45, 7) is 3.99. The van der Waals surface area contributed by atoms with Gasteiger partial charge in [-0.2, -0.15) is 5.10 Å². The first-order chi connectivity index (χ1) is 5.24. The van der Waals surface area contributed by atoms with E-state index in [4.69, 9.17) is 5.73 Å². The number of nitrogens with two attached hydrogens (primary N) is 1. The van der Waals surface area contributed by atoms with Crippen molar-refractivity contribution in [3.63, 3.8) is 0 Å². The lowest BCUT2D eigenvalue weighted by Crippen LogP contribution is -1.97. The van der Waals surface area contributed by atoms with Gasteiger partial charge in [-0.1, -0.05) is 6.92 Å². The number of nitrogens with zero attached hydrogens (tertiary/aromatic N) is 2. The molecule has 0 aromatic carbocycles. The van der Waals surface area contributed by atoms with Gasteiger partial charge in [-0.15, -0.1) is 16.9 Å². The third kappa shape index (κ3) is 2.08. The van der Waals surface area contributed by atoms with Gasteiger partial charge in [-0.3, -0.25) is 0 Å². The number of hydrogen-bond donors (Lipinski definition) is 1. The fraction of sp³-hybridized carbons (Fsp3) is 0.429. The maximum absolute atomic E-state index is 5.58. The lowest BCUT2D eigenvalue weighted by atomic mass is 10.4. The Morgan fingerprint density at radius 3 is 2.91 bits per heavy atom. The Balaban J connectivity index is 2.93. The van der Waals surface area contributed by atoms with E-state index in [9.17, 15) is 0 Å². The van der Waals surface area contributed by atoms with E-state index in [1.807, 2.05) is 13.0 Å². The number of aromatic nitrogens is 2. The zero-order valence-electron chi connectivity index (χ0n) is 6.66. The highest BCUT2D eigenvalue weighted by atomic mass is 32.2. The highest BCUT2D eigenvalue weighted by Gasteiger charge is 2.00. The van der Waals surface area contributed by atoms with E-state index in [-0.39, 0.29) is 0 Å². The number of aryl methyl sites for hydroxylation is 1. The number of thioether (sulfide) groups is 1. The fourth-order valence-corrected chi connectivity index (χ4v) is 1.50. The van der Waals surface area contributed by atoms with Crippen LogP contribution in [-0.4, -0.2) is 16.0 Å². The molecule has 0 amide bonds. The van der Waals surface area contributed by atoms with Crippen molar-refractivity contribution in [3.8, 4) is 0 Å². The number of rotatable bonds is 2. The zero-order chi connectivity index (χ0) is 8.27. The van der Waals surface area contributed by atoms with Crippen LogP contribution >= 0.6 is 11.8 Å². The minimum Gasteiger partial charge on any atom is -0.381 e. The van der Waals surface area contributed by atoms with Gasteiger partial charge in [0.25, 0.3) is 0 Å². The molecule has 2 N–H and O–H groups in total. The molecule has 0 spiro atoms. The smallest absolute Gasteiger partial charge is 0.159 e. The van der Waals surface area contributed by atoms with Gasteiger partial charge >= 0.3 is 0 Å². The summed E-state index contributed by atoms with van der Waals surface area (Å²) in [5.74, 6) is 1.54. The third-order valence-electron chi connectivity index (χ3n) is 1.21. The lowest BCUT2D eigenvalue weighted by molar-refractivity contribution is 0.962. The van der Waals surface area contributed by atoms with E-state index < -0.39 is 0 Å². The molecule has 0 aliphatic rings. The Kier molecular flexibility index (Phi) is 2.70. The molecule has 0 aliphatic carbocycles. The second-order valence-corrected chi connectivity index (χ2v) is 3.47. The minimum absolute atomic E-state index is 0.530. The van der Waals surface area contributed by atoms with Crippen molar-refractivity contribution in [2.24, 2.45) is 0 Å². The SMILES string of the molecule is CCSc1cc(C)nnc1N. The van der Waals surface area contributed by atoms with Gasteiger partial charge in [0.15, 0.2) is 5.82 Å². The van der Waals surface area contributed by atoms with Gasteiger partial charge in [-0.25, -0.2) is 0 Å². The fourth-order valence-electron chi connectivity index (χ4n) is 0.746. The van der Waals surface area contributed by atoms with Crippen LogP contribution in [0.4, 0.5) is 5.82 Å². The maximum atomic E-state index is 5.58. The summed E-state index contributed by atoms with van der Waals surface area (Å²) >= 11 is 1.69. The molecule has 0 radical (unpaired) electrons. The normalized spacial score (nSPS) is 10.0. The van der Waals surface area contributed by atoms with Crippen molar-refractivity contribution >= 4 is 17.6 Å². The number of anilines is 1. The predicted molar refractivity (Wildman–Crippen MR) is 47.6 cm³/mol. The highest BCUT2D eigenvalue weighted by Crippen LogP contribution is 2.22. The summed E-state index contributed by atoms with van der Waals surface area (Å²) in [4.78, 5) is 1.03. The van der Waals surface area contributed by atoms with Crippen LogP contribution in [0.15, 0.2) is 11.0 Å². The second kappa shape index (κ2) is 3.57. The van der Waals surface area contributed by atoms with Gasteiger partial charge in [0.2, 0.25) is 0 Å². The molecule has 0 unspecified atom stereocenters. The zero-order valence-corrected chi connectivity index (χ0v) is 7.48. The first-order valence-corrected chi connectivity index (χ1v) is 4.45. The first kappa shape index (κ1) is 8.33. The standard InChI is InChI=1S/C7H11N3S/c1-3-11-6-4-5(2)9-10-7(6)8/h4H,3H2,1-2H3,(H2,8,10). The summed E-state index contributed by atoms with van der Waals surface area (Å²) in [5.41, 5.74) is 6.49. The Labute approximate surface area is 70.4 Å². The molecule has 0 atom stereocenters. The Bertz CT molecular complexity index is 249. The van der Waals surface area contributed by atoms with Gasteiger partial charge in [0, 0.05) is 0 Å². The molecule has 4 heteroatoms. The summed E-state index contributed by atoms with van der Waals surface area (Å²) < 4.78 is 0. The molecular weight excluding hydrogens is 158 g/mol. The molecule has 1 aromatic rings. The van der Waals surface area contributed by atoms with E-state index in [2.05, 4.69) is 17.1 Å². The molecule has 60 valence electrons. The Hall–Kier alpha value is -0.770. The maximum Gasteiger partial charge on any atom is 0.159 e. The van der Waals surface area contributed by atoms with Crippen LogP contribution in [-0.2, 0) is 0 Å². The monoisotopic (exact) mass is 169 g/mol. The lowest BCUT2D eigenvalue weighted by Gasteiger charge is -2.01. The van der Waals surface area contributed by atoms with Gasteiger partial charge in [0.05, 0.1) is 10.6 Å². The Morgan fingerprint density at radius 1 is 1.55 bits per heavy atom. The van der Waals surface area contributed by atoms with Crippen LogP contribution in [0.3, 0.4) is 0 Å². The minimum atomic E-state index is 0.530. The molecule has 1 heterocycles. The molecule has 0 bridgehead atoms. The summed E-state index contributed by atoms with van der Waals surface area (Å²) in [5, 5.41) is 7.64. The van der Waals surface area contributed by atoms with Crippen molar-refractivity contribution in [1.29, 1.82) is 0 Å².